The molecule has 0 saturated carbocycles. The van der Waals surface area contributed by atoms with Crippen LogP contribution in [0.5, 0.6) is 11.5 Å². The lowest BCUT2D eigenvalue weighted by atomic mass is 9.93. The number of aromatic hydroxyl groups is 2. The molecule has 0 aromatic heterocycles. The van der Waals surface area contributed by atoms with Crippen molar-refractivity contribution in [1.82, 2.24) is 0 Å². The van der Waals surface area contributed by atoms with Crippen LogP contribution in [0.2, 0.25) is 0 Å². The third kappa shape index (κ3) is 3.47. The second-order valence-electron chi connectivity index (χ2n) is 6.97. The number of anilines is 1. The Kier molecular flexibility index (Phi) is 4.80. The van der Waals surface area contributed by atoms with Crippen LogP contribution in [0.4, 0.5) is 5.69 Å². The van der Waals surface area contributed by atoms with Crippen LogP contribution in [0.3, 0.4) is 0 Å². The number of nitrogens with one attached hydrogen (secondary N) is 1. The Morgan fingerprint density at radius 3 is 2.24 bits per heavy atom. The molecule has 0 heterocycles. The van der Waals surface area contributed by atoms with Gasteiger partial charge in [-0.15, -0.1) is 0 Å². The smallest absolute Gasteiger partial charge is 0.232 e. The number of benzene rings is 4. The van der Waals surface area contributed by atoms with Gasteiger partial charge in [-0.05, 0) is 29.3 Å². The number of sulfonamides is 1. The fraction of sp³-hybridized carbons (Fsp3) is 0.130. The molecule has 0 atom stereocenters. The van der Waals surface area contributed by atoms with Crippen LogP contribution >= 0.6 is 0 Å². The average Bonchev–Trinajstić information content (AvgIpc) is 2.70. The molecule has 4 aromatic rings. The normalized spacial score (nSPS) is 11.8. The number of rotatable bonds is 5. The Balaban J connectivity index is 2.05. The van der Waals surface area contributed by atoms with E-state index in [2.05, 4.69) is 4.72 Å². The van der Waals surface area contributed by atoms with Crippen LogP contribution in [0.15, 0.2) is 66.7 Å². The Hall–Kier alpha value is -3.25. The van der Waals surface area contributed by atoms with E-state index in [0.717, 1.165) is 10.8 Å². The van der Waals surface area contributed by atoms with E-state index in [4.69, 9.17) is 0 Å². The van der Waals surface area contributed by atoms with Crippen LogP contribution in [-0.4, -0.2) is 24.4 Å². The molecule has 0 aliphatic heterocycles. The van der Waals surface area contributed by atoms with E-state index in [1.807, 2.05) is 24.3 Å². The van der Waals surface area contributed by atoms with E-state index in [0.29, 0.717) is 34.0 Å². The van der Waals surface area contributed by atoms with E-state index in [1.54, 1.807) is 49.4 Å². The highest BCUT2D eigenvalue weighted by Crippen LogP contribution is 2.46. The molecule has 0 saturated heterocycles. The Bertz CT molecular complexity index is 1330. The van der Waals surface area contributed by atoms with Crippen molar-refractivity contribution in [3.05, 3.63) is 66.7 Å². The molecule has 4 rings (SSSR count). The lowest BCUT2D eigenvalue weighted by Gasteiger charge is -2.17. The maximum atomic E-state index is 12.4. The standard InChI is InChI=1S/C23H21NO4S/c1-2-13-29(27,28)24-20-14-19(23(26)18-10-6-5-9-17(18)20)22-16-8-4-3-7-15(16)11-12-21(22)25/h3-12,14,24-26H,2,13H2,1H3. The zero-order valence-electron chi connectivity index (χ0n) is 15.9. The summed E-state index contributed by atoms with van der Waals surface area (Å²) in [5.74, 6) is -0.000757. The summed E-state index contributed by atoms with van der Waals surface area (Å²) in [5.41, 5.74) is 1.20. The minimum atomic E-state index is -3.53. The third-order valence-electron chi connectivity index (χ3n) is 4.93. The molecule has 4 aromatic carbocycles. The largest absolute Gasteiger partial charge is 0.507 e. The van der Waals surface area contributed by atoms with Crippen molar-refractivity contribution in [2.24, 2.45) is 0 Å². The molecule has 6 heteroatoms. The third-order valence-corrected chi connectivity index (χ3v) is 6.41. The van der Waals surface area contributed by atoms with Gasteiger partial charge in [0.25, 0.3) is 0 Å². The van der Waals surface area contributed by atoms with Gasteiger partial charge >= 0.3 is 0 Å². The number of phenols is 2. The first-order valence-electron chi connectivity index (χ1n) is 9.37. The number of phenolic OH excluding ortho intramolecular Hbond substituents is 2. The number of hydrogen-bond donors (Lipinski definition) is 3. The summed E-state index contributed by atoms with van der Waals surface area (Å²) in [6.07, 6.45) is 0.488. The zero-order chi connectivity index (χ0) is 20.6. The lowest BCUT2D eigenvalue weighted by Crippen LogP contribution is -2.16. The molecule has 0 aliphatic carbocycles. The molecule has 0 aliphatic rings. The molecular weight excluding hydrogens is 386 g/mol. The molecule has 0 spiro atoms. The van der Waals surface area contributed by atoms with Crippen LogP contribution in [0.25, 0.3) is 32.7 Å². The van der Waals surface area contributed by atoms with E-state index in [1.165, 1.54) is 0 Å². The molecule has 29 heavy (non-hydrogen) atoms. The van der Waals surface area contributed by atoms with E-state index < -0.39 is 10.0 Å². The van der Waals surface area contributed by atoms with Gasteiger partial charge in [-0.25, -0.2) is 8.42 Å². The zero-order valence-corrected chi connectivity index (χ0v) is 16.7. The summed E-state index contributed by atoms with van der Waals surface area (Å²) < 4.78 is 27.5. The second-order valence-corrected chi connectivity index (χ2v) is 8.81. The first-order valence-corrected chi connectivity index (χ1v) is 11.0. The van der Waals surface area contributed by atoms with Gasteiger partial charge in [0.2, 0.25) is 10.0 Å². The predicted molar refractivity (Wildman–Crippen MR) is 118 cm³/mol. The van der Waals surface area contributed by atoms with Gasteiger partial charge in [-0.2, -0.15) is 0 Å². The maximum absolute atomic E-state index is 12.4. The molecule has 0 fully saturated rings. The molecule has 0 radical (unpaired) electrons. The van der Waals surface area contributed by atoms with E-state index >= 15 is 0 Å². The highest BCUT2D eigenvalue weighted by atomic mass is 32.2. The predicted octanol–water partition coefficient (Wildman–Crippen LogP) is 5.22. The molecule has 0 unspecified atom stereocenters. The van der Waals surface area contributed by atoms with Gasteiger partial charge in [0.1, 0.15) is 11.5 Å². The van der Waals surface area contributed by atoms with E-state index in [-0.39, 0.29) is 17.3 Å². The van der Waals surface area contributed by atoms with E-state index in [9.17, 15) is 18.6 Å². The van der Waals surface area contributed by atoms with Crippen molar-refractivity contribution in [3.8, 4) is 22.6 Å². The molecule has 5 nitrogen and oxygen atoms in total. The molecule has 0 amide bonds. The highest BCUT2D eigenvalue weighted by molar-refractivity contribution is 7.92. The highest BCUT2D eigenvalue weighted by Gasteiger charge is 2.20. The first-order chi connectivity index (χ1) is 13.9. The topological polar surface area (TPSA) is 86.6 Å². The Labute approximate surface area is 169 Å². The number of fused-ring (bicyclic) bond motifs is 2. The van der Waals surface area contributed by atoms with Gasteiger partial charge in [0.15, 0.2) is 0 Å². The molecule has 148 valence electrons. The van der Waals surface area contributed by atoms with Crippen LogP contribution < -0.4 is 4.72 Å². The van der Waals surface area contributed by atoms with Crippen molar-refractivity contribution in [2.75, 3.05) is 10.5 Å². The van der Waals surface area contributed by atoms with Gasteiger partial charge < -0.3 is 10.2 Å². The van der Waals surface area contributed by atoms with Crippen LogP contribution in [0, 0.1) is 0 Å². The summed E-state index contributed by atoms with van der Waals surface area (Å²) in [5, 5.41) is 24.4. The van der Waals surface area contributed by atoms with Gasteiger partial charge in [0.05, 0.1) is 11.4 Å². The monoisotopic (exact) mass is 407 g/mol. The summed E-state index contributed by atoms with van der Waals surface area (Å²) >= 11 is 0. The minimum Gasteiger partial charge on any atom is -0.507 e. The SMILES string of the molecule is CCCS(=O)(=O)Nc1cc(-c2c(O)ccc3ccccc23)c(O)c2ccccc12. The molecule has 3 N–H and O–H groups in total. The Morgan fingerprint density at radius 1 is 0.862 bits per heavy atom. The first kappa shape index (κ1) is 19.1. The van der Waals surface area contributed by atoms with Gasteiger partial charge in [0, 0.05) is 21.9 Å². The number of hydrogen-bond acceptors (Lipinski definition) is 4. The lowest BCUT2D eigenvalue weighted by molar-refractivity contribution is 0.472. The summed E-state index contributed by atoms with van der Waals surface area (Å²) in [6, 6.07) is 19.5. The van der Waals surface area contributed by atoms with Crippen molar-refractivity contribution in [1.29, 1.82) is 0 Å². The molecule has 0 bridgehead atoms. The van der Waals surface area contributed by atoms with Crippen LogP contribution in [0.1, 0.15) is 13.3 Å². The minimum absolute atomic E-state index is 0.00292. The summed E-state index contributed by atoms with van der Waals surface area (Å²) in [7, 11) is -3.53. The summed E-state index contributed by atoms with van der Waals surface area (Å²) in [6.45, 7) is 1.80. The van der Waals surface area contributed by atoms with Crippen molar-refractivity contribution >= 4 is 37.3 Å². The van der Waals surface area contributed by atoms with Crippen molar-refractivity contribution < 1.29 is 18.6 Å². The van der Waals surface area contributed by atoms with Gasteiger partial charge in [-0.3, -0.25) is 4.72 Å². The van der Waals surface area contributed by atoms with Gasteiger partial charge in [-0.1, -0.05) is 61.5 Å². The fourth-order valence-electron chi connectivity index (χ4n) is 3.67. The molecular formula is C23H21NO4S. The summed E-state index contributed by atoms with van der Waals surface area (Å²) in [4.78, 5) is 0. The Morgan fingerprint density at radius 2 is 1.52 bits per heavy atom. The van der Waals surface area contributed by atoms with Crippen molar-refractivity contribution in [3.63, 3.8) is 0 Å². The van der Waals surface area contributed by atoms with Crippen molar-refractivity contribution in [2.45, 2.75) is 13.3 Å². The van der Waals surface area contributed by atoms with Crippen LogP contribution in [-0.2, 0) is 10.0 Å². The average molecular weight is 407 g/mol. The fourth-order valence-corrected chi connectivity index (χ4v) is 4.81. The quantitative estimate of drug-likeness (QED) is 0.396. The maximum Gasteiger partial charge on any atom is 0.232 e. The second kappa shape index (κ2) is 7.29.